The number of anilines is 1. The number of primary amides is 1. The van der Waals surface area contributed by atoms with E-state index in [1.165, 1.54) is 24.3 Å². The Balaban J connectivity index is 1.62. The highest BCUT2D eigenvalue weighted by atomic mass is 19.4. The molecule has 11 heteroatoms. The summed E-state index contributed by atoms with van der Waals surface area (Å²) in [4.78, 5) is 29.1. The Morgan fingerprint density at radius 1 is 1.09 bits per heavy atom. The average Bonchev–Trinajstić information content (AvgIpc) is 3.04. The number of benzene rings is 2. The van der Waals surface area contributed by atoms with Crippen molar-refractivity contribution in [3.63, 3.8) is 0 Å². The summed E-state index contributed by atoms with van der Waals surface area (Å²) in [5.74, 6) is -1.58. The number of nitrogens with two attached hydrogens (primary N) is 1. The van der Waals surface area contributed by atoms with Crippen LogP contribution in [0.1, 0.15) is 37.8 Å². The standard InChI is InChI=1S/C24H20F3N5O3/c1-13-21(14(2)32(31-13)12-15-6-5-7-16(10-15)35-24(25,26)27)30-23(34)18-11-20(22(28)33)29-19-9-4-3-8-17(18)19/h3-11H,12H2,1-2H3,(H2,28,33)(H,30,34). The molecule has 0 unspecified atom stereocenters. The summed E-state index contributed by atoms with van der Waals surface area (Å²) in [6.45, 7) is 3.58. The number of hydrogen-bond acceptors (Lipinski definition) is 5. The third-order valence-corrected chi connectivity index (χ3v) is 5.30. The fraction of sp³-hybridized carbons (Fsp3) is 0.167. The Bertz CT molecular complexity index is 1450. The number of hydrogen-bond donors (Lipinski definition) is 2. The summed E-state index contributed by atoms with van der Waals surface area (Å²) in [5, 5.41) is 7.78. The number of aryl methyl sites for hydroxylation is 1. The summed E-state index contributed by atoms with van der Waals surface area (Å²) in [7, 11) is 0. The molecule has 0 aliphatic heterocycles. The largest absolute Gasteiger partial charge is 0.573 e. The molecule has 180 valence electrons. The van der Waals surface area contributed by atoms with Crippen LogP contribution in [0.15, 0.2) is 54.6 Å². The number of nitrogens with one attached hydrogen (secondary N) is 1. The van der Waals surface area contributed by atoms with Gasteiger partial charge in [0.2, 0.25) is 0 Å². The van der Waals surface area contributed by atoms with E-state index in [1.807, 2.05) is 0 Å². The third-order valence-electron chi connectivity index (χ3n) is 5.30. The lowest BCUT2D eigenvalue weighted by Gasteiger charge is -2.11. The third kappa shape index (κ3) is 5.24. The van der Waals surface area contributed by atoms with Crippen LogP contribution < -0.4 is 15.8 Å². The van der Waals surface area contributed by atoms with Gasteiger partial charge in [-0.05, 0) is 43.7 Å². The molecule has 2 aromatic heterocycles. The molecule has 4 aromatic rings. The van der Waals surface area contributed by atoms with Crippen LogP contribution in [0, 0.1) is 13.8 Å². The molecular weight excluding hydrogens is 463 g/mol. The van der Waals surface area contributed by atoms with Gasteiger partial charge in [-0.2, -0.15) is 5.10 Å². The average molecular weight is 483 g/mol. The number of nitrogens with zero attached hydrogens (tertiary/aromatic N) is 3. The van der Waals surface area contributed by atoms with Crippen molar-refractivity contribution in [3.05, 3.63) is 82.8 Å². The molecule has 0 atom stereocenters. The number of pyridine rings is 1. The summed E-state index contributed by atoms with van der Waals surface area (Å²) < 4.78 is 43.2. The molecule has 0 aliphatic carbocycles. The van der Waals surface area contributed by atoms with Gasteiger partial charge in [-0.25, -0.2) is 4.98 Å². The van der Waals surface area contributed by atoms with Crippen LogP contribution in [0.4, 0.5) is 18.9 Å². The molecule has 8 nitrogen and oxygen atoms in total. The number of rotatable bonds is 6. The SMILES string of the molecule is Cc1nn(Cc2cccc(OC(F)(F)F)c2)c(C)c1NC(=O)c1cc(C(N)=O)nc2ccccc12. The van der Waals surface area contributed by atoms with Crippen LogP contribution in [0.25, 0.3) is 10.9 Å². The normalized spacial score (nSPS) is 11.5. The molecule has 2 amide bonds. The summed E-state index contributed by atoms with van der Waals surface area (Å²) in [5.41, 5.74) is 8.06. The molecule has 0 aliphatic rings. The molecule has 4 rings (SSSR count). The van der Waals surface area contributed by atoms with Gasteiger partial charge in [0.25, 0.3) is 11.8 Å². The van der Waals surface area contributed by atoms with E-state index in [-0.39, 0.29) is 23.6 Å². The number of para-hydroxylation sites is 1. The van der Waals surface area contributed by atoms with Crippen LogP contribution in [0.2, 0.25) is 0 Å². The van der Waals surface area contributed by atoms with Crippen molar-refractivity contribution in [3.8, 4) is 5.75 Å². The predicted octanol–water partition coefficient (Wildman–Crippen LogP) is 4.35. The summed E-state index contributed by atoms with van der Waals surface area (Å²) in [6, 6.07) is 13.8. The molecule has 0 saturated carbocycles. The molecule has 2 heterocycles. The smallest absolute Gasteiger partial charge is 0.406 e. The number of ether oxygens (including phenoxy) is 1. The first kappa shape index (κ1) is 23.7. The highest BCUT2D eigenvalue weighted by molar-refractivity contribution is 6.14. The molecule has 0 bridgehead atoms. The Morgan fingerprint density at radius 2 is 1.83 bits per heavy atom. The fourth-order valence-electron chi connectivity index (χ4n) is 3.72. The van der Waals surface area contributed by atoms with Gasteiger partial charge in [-0.3, -0.25) is 14.3 Å². The van der Waals surface area contributed by atoms with Gasteiger partial charge in [0, 0.05) is 5.39 Å². The maximum Gasteiger partial charge on any atom is 0.573 e. The second-order valence-corrected chi connectivity index (χ2v) is 7.79. The highest BCUT2D eigenvalue weighted by Gasteiger charge is 2.31. The highest BCUT2D eigenvalue weighted by Crippen LogP contribution is 2.26. The number of halogens is 3. The first-order chi connectivity index (χ1) is 16.5. The monoisotopic (exact) mass is 483 g/mol. The maximum absolute atomic E-state index is 13.2. The number of amides is 2. The number of carbonyl (C=O) groups excluding carboxylic acids is 2. The molecule has 35 heavy (non-hydrogen) atoms. The van der Waals surface area contributed by atoms with Crippen molar-refractivity contribution >= 4 is 28.4 Å². The minimum atomic E-state index is -4.79. The van der Waals surface area contributed by atoms with E-state index in [0.717, 1.165) is 0 Å². The van der Waals surface area contributed by atoms with Gasteiger partial charge in [-0.1, -0.05) is 30.3 Å². The summed E-state index contributed by atoms with van der Waals surface area (Å²) >= 11 is 0. The molecular formula is C24H20F3N5O3. The van der Waals surface area contributed by atoms with Crippen LogP contribution in [0.3, 0.4) is 0 Å². The first-order valence-electron chi connectivity index (χ1n) is 10.4. The van der Waals surface area contributed by atoms with Crippen molar-refractivity contribution < 1.29 is 27.5 Å². The van der Waals surface area contributed by atoms with E-state index >= 15 is 0 Å². The Hall–Kier alpha value is -4.41. The Morgan fingerprint density at radius 3 is 2.54 bits per heavy atom. The zero-order chi connectivity index (χ0) is 25.3. The second-order valence-electron chi connectivity index (χ2n) is 7.79. The van der Waals surface area contributed by atoms with Crippen molar-refractivity contribution in [1.82, 2.24) is 14.8 Å². The Kier molecular flexibility index (Phi) is 6.16. The van der Waals surface area contributed by atoms with Gasteiger partial charge in [-0.15, -0.1) is 13.2 Å². The zero-order valence-electron chi connectivity index (χ0n) is 18.7. The molecule has 0 fully saturated rings. The quantitative estimate of drug-likeness (QED) is 0.424. The van der Waals surface area contributed by atoms with E-state index in [0.29, 0.717) is 33.5 Å². The van der Waals surface area contributed by atoms with E-state index in [1.54, 1.807) is 48.9 Å². The van der Waals surface area contributed by atoms with Crippen molar-refractivity contribution in [2.75, 3.05) is 5.32 Å². The van der Waals surface area contributed by atoms with Crippen molar-refractivity contribution in [2.45, 2.75) is 26.8 Å². The lowest BCUT2D eigenvalue weighted by Crippen LogP contribution is -2.18. The van der Waals surface area contributed by atoms with E-state index in [2.05, 4.69) is 20.1 Å². The molecule has 2 aromatic carbocycles. The van der Waals surface area contributed by atoms with Crippen LogP contribution in [0.5, 0.6) is 5.75 Å². The van der Waals surface area contributed by atoms with Crippen LogP contribution >= 0.6 is 0 Å². The predicted molar refractivity (Wildman–Crippen MR) is 122 cm³/mol. The van der Waals surface area contributed by atoms with Gasteiger partial charge < -0.3 is 15.8 Å². The zero-order valence-corrected chi connectivity index (χ0v) is 18.7. The van der Waals surface area contributed by atoms with E-state index in [4.69, 9.17) is 5.73 Å². The molecule has 0 saturated heterocycles. The van der Waals surface area contributed by atoms with Gasteiger partial charge in [0.1, 0.15) is 11.4 Å². The molecule has 3 N–H and O–H groups in total. The number of carbonyl (C=O) groups is 2. The van der Waals surface area contributed by atoms with E-state index in [9.17, 15) is 22.8 Å². The van der Waals surface area contributed by atoms with Gasteiger partial charge in [0.15, 0.2) is 0 Å². The minimum Gasteiger partial charge on any atom is -0.406 e. The van der Waals surface area contributed by atoms with Crippen molar-refractivity contribution in [1.29, 1.82) is 0 Å². The van der Waals surface area contributed by atoms with Gasteiger partial charge >= 0.3 is 6.36 Å². The Labute approximate surface area is 197 Å². The number of aromatic nitrogens is 3. The first-order valence-corrected chi connectivity index (χ1v) is 10.4. The lowest BCUT2D eigenvalue weighted by molar-refractivity contribution is -0.274. The van der Waals surface area contributed by atoms with E-state index < -0.39 is 18.2 Å². The van der Waals surface area contributed by atoms with Crippen LogP contribution in [-0.2, 0) is 6.54 Å². The lowest BCUT2D eigenvalue weighted by atomic mass is 10.1. The number of alkyl halides is 3. The second kappa shape index (κ2) is 9.09. The maximum atomic E-state index is 13.2. The van der Waals surface area contributed by atoms with Crippen molar-refractivity contribution in [2.24, 2.45) is 5.73 Å². The minimum absolute atomic E-state index is 0.0426. The topological polar surface area (TPSA) is 112 Å². The summed E-state index contributed by atoms with van der Waals surface area (Å²) in [6.07, 6.45) is -4.79. The van der Waals surface area contributed by atoms with Gasteiger partial charge in [0.05, 0.1) is 34.7 Å². The molecule has 0 radical (unpaired) electrons. The van der Waals surface area contributed by atoms with Crippen LogP contribution in [-0.4, -0.2) is 32.9 Å². The molecule has 0 spiro atoms. The fourth-order valence-corrected chi connectivity index (χ4v) is 3.72. The number of fused-ring (bicyclic) bond motifs is 1.